The minimum atomic E-state index is -0.136. The molecule has 1 aromatic carbocycles. The molecule has 1 aromatic heterocycles. The second-order valence-electron chi connectivity index (χ2n) is 7.49. The highest BCUT2D eigenvalue weighted by molar-refractivity contribution is 8.26. The smallest absolute Gasteiger partial charge is 0.266 e. The number of carbonyl (C=O) groups is 2. The van der Waals surface area contributed by atoms with Crippen LogP contribution >= 0.6 is 35.3 Å². The van der Waals surface area contributed by atoms with Crippen LogP contribution in [-0.2, 0) is 16.0 Å². The quantitative estimate of drug-likeness (QED) is 0.456. The molecule has 0 saturated carbocycles. The third-order valence-corrected chi connectivity index (χ3v) is 6.57. The Bertz CT molecular complexity index is 967. The van der Waals surface area contributed by atoms with E-state index in [-0.39, 0.29) is 18.2 Å². The normalized spacial score (nSPS) is 15.5. The fourth-order valence-corrected chi connectivity index (χ4v) is 5.10. The summed E-state index contributed by atoms with van der Waals surface area (Å²) in [5, 5.41) is 12.3. The van der Waals surface area contributed by atoms with Crippen molar-refractivity contribution in [1.29, 1.82) is 0 Å². The summed E-state index contributed by atoms with van der Waals surface area (Å²) < 4.78 is 0.529. The minimum Gasteiger partial charge on any atom is -0.301 e. The molecule has 0 atom stereocenters. The first kappa shape index (κ1) is 22.6. The maximum absolute atomic E-state index is 12.7. The predicted molar refractivity (Wildman–Crippen MR) is 127 cm³/mol. The van der Waals surface area contributed by atoms with Gasteiger partial charge in [-0.3, -0.25) is 14.5 Å². The molecule has 30 heavy (non-hydrogen) atoms. The maximum atomic E-state index is 12.7. The van der Waals surface area contributed by atoms with E-state index in [1.807, 2.05) is 37.3 Å². The number of aromatic nitrogens is 2. The molecular weight excluding hydrogens is 436 g/mol. The number of nitrogens with one attached hydrogen (secondary N) is 1. The lowest BCUT2D eigenvalue weighted by Crippen LogP contribution is -2.29. The van der Waals surface area contributed by atoms with Crippen LogP contribution in [0.15, 0.2) is 29.2 Å². The number of aryl methyl sites for hydroxylation is 1. The molecule has 0 aliphatic carbocycles. The highest BCUT2D eigenvalue weighted by Crippen LogP contribution is 2.32. The zero-order valence-electron chi connectivity index (χ0n) is 17.2. The minimum absolute atomic E-state index is 0.103. The van der Waals surface area contributed by atoms with E-state index in [1.165, 1.54) is 28.7 Å². The van der Waals surface area contributed by atoms with Crippen LogP contribution in [0.1, 0.15) is 42.8 Å². The third-order valence-electron chi connectivity index (χ3n) is 4.33. The highest BCUT2D eigenvalue weighted by atomic mass is 32.2. The molecule has 1 aliphatic heterocycles. The molecule has 158 valence electrons. The van der Waals surface area contributed by atoms with Gasteiger partial charge in [0.2, 0.25) is 11.0 Å². The number of nitrogens with zero attached hydrogens (tertiary/aromatic N) is 3. The van der Waals surface area contributed by atoms with Crippen LogP contribution in [0.3, 0.4) is 0 Å². The van der Waals surface area contributed by atoms with Gasteiger partial charge in [-0.2, -0.15) is 0 Å². The van der Waals surface area contributed by atoms with E-state index < -0.39 is 0 Å². The van der Waals surface area contributed by atoms with Gasteiger partial charge in [-0.25, -0.2) is 0 Å². The van der Waals surface area contributed by atoms with Gasteiger partial charge in [-0.05, 0) is 30.9 Å². The van der Waals surface area contributed by atoms with E-state index in [4.69, 9.17) is 12.2 Å². The lowest BCUT2D eigenvalue weighted by Gasteiger charge is -2.13. The van der Waals surface area contributed by atoms with Gasteiger partial charge in [0.05, 0.1) is 4.91 Å². The number of anilines is 1. The van der Waals surface area contributed by atoms with Crippen LogP contribution in [0.5, 0.6) is 0 Å². The summed E-state index contributed by atoms with van der Waals surface area (Å²) in [7, 11) is 0. The van der Waals surface area contributed by atoms with E-state index in [1.54, 1.807) is 4.90 Å². The molecule has 3 rings (SSSR count). The summed E-state index contributed by atoms with van der Waals surface area (Å²) in [5.41, 5.74) is 2.14. The van der Waals surface area contributed by atoms with E-state index >= 15 is 0 Å². The molecule has 0 unspecified atom stereocenters. The van der Waals surface area contributed by atoms with Gasteiger partial charge in [-0.15, -0.1) is 10.2 Å². The van der Waals surface area contributed by atoms with E-state index in [0.717, 1.165) is 17.0 Å². The van der Waals surface area contributed by atoms with Gasteiger partial charge in [0.1, 0.15) is 9.33 Å². The number of hydrogen-bond donors (Lipinski definition) is 1. The maximum Gasteiger partial charge on any atom is 0.266 e. The van der Waals surface area contributed by atoms with Gasteiger partial charge >= 0.3 is 0 Å². The molecule has 9 heteroatoms. The first-order valence-corrected chi connectivity index (χ1v) is 11.8. The van der Waals surface area contributed by atoms with Gasteiger partial charge in [0.25, 0.3) is 5.91 Å². The van der Waals surface area contributed by atoms with Crippen LogP contribution in [-0.4, -0.2) is 37.8 Å². The van der Waals surface area contributed by atoms with Crippen molar-refractivity contribution in [1.82, 2.24) is 15.1 Å². The lowest BCUT2D eigenvalue weighted by atomic mass is 10.1. The molecule has 0 bridgehead atoms. The number of benzene rings is 1. The predicted octanol–water partition coefficient (Wildman–Crippen LogP) is 4.67. The second kappa shape index (κ2) is 10.3. The van der Waals surface area contributed by atoms with E-state index in [9.17, 15) is 9.59 Å². The summed E-state index contributed by atoms with van der Waals surface area (Å²) >= 11 is 8.07. The first-order chi connectivity index (χ1) is 14.3. The number of thioether (sulfide) groups is 1. The molecule has 2 amide bonds. The van der Waals surface area contributed by atoms with Gasteiger partial charge in [-0.1, -0.05) is 79.0 Å². The zero-order valence-corrected chi connectivity index (χ0v) is 19.6. The Kier molecular flexibility index (Phi) is 7.74. The summed E-state index contributed by atoms with van der Waals surface area (Å²) in [6.45, 7) is 6.67. The second-order valence-corrected chi connectivity index (χ2v) is 10.2. The van der Waals surface area contributed by atoms with Crippen molar-refractivity contribution in [2.45, 2.75) is 40.0 Å². The van der Waals surface area contributed by atoms with Crippen molar-refractivity contribution in [3.05, 3.63) is 45.3 Å². The fourth-order valence-electron chi connectivity index (χ4n) is 2.82. The number of thiocarbonyl (C=S) groups is 1. The number of amides is 2. The van der Waals surface area contributed by atoms with Crippen molar-refractivity contribution < 1.29 is 9.59 Å². The molecule has 1 aliphatic rings. The standard InChI is InChI=1S/C21H24N4O2S3/c1-13(2)11-18-23-24-20(30-18)22-17(26)5-4-10-25-19(27)16(29-21(25)28)12-15-8-6-14(3)7-9-15/h6-9,12-13H,4-5,10-11H2,1-3H3,(H,22,24,26)/b16-12+. The molecule has 1 saturated heterocycles. The molecule has 1 fully saturated rings. The SMILES string of the molecule is Cc1ccc(/C=C2/SC(=S)N(CCCC(=O)Nc3nnc(CC(C)C)s3)C2=O)cc1. The largest absolute Gasteiger partial charge is 0.301 e. The third kappa shape index (κ3) is 6.20. The van der Waals surface area contributed by atoms with Crippen LogP contribution in [0.2, 0.25) is 0 Å². The van der Waals surface area contributed by atoms with E-state index in [0.29, 0.717) is 33.2 Å². The fraction of sp³-hybridized carbons (Fsp3) is 0.381. The van der Waals surface area contributed by atoms with Crippen molar-refractivity contribution in [2.75, 3.05) is 11.9 Å². The summed E-state index contributed by atoms with van der Waals surface area (Å²) in [6.07, 6.45) is 3.51. The van der Waals surface area contributed by atoms with Crippen molar-refractivity contribution in [2.24, 2.45) is 5.92 Å². The van der Waals surface area contributed by atoms with Crippen LogP contribution < -0.4 is 5.32 Å². The van der Waals surface area contributed by atoms with Crippen molar-refractivity contribution in [3.63, 3.8) is 0 Å². The molecule has 6 nitrogen and oxygen atoms in total. The summed E-state index contributed by atoms with van der Waals surface area (Å²) in [5.74, 6) is 0.252. The van der Waals surface area contributed by atoms with E-state index in [2.05, 4.69) is 29.4 Å². The molecule has 0 radical (unpaired) electrons. The molecular formula is C21H24N4O2S3. The van der Waals surface area contributed by atoms with Crippen LogP contribution in [0.25, 0.3) is 6.08 Å². The lowest BCUT2D eigenvalue weighted by molar-refractivity contribution is -0.122. The molecule has 1 N–H and O–H groups in total. The van der Waals surface area contributed by atoms with Crippen LogP contribution in [0, 0.1) is 12.8 Å². The van der Waals surface area contributed by atoms with Gasteiger partial charge in [0.15, 0.2) is 0 Å². The first-order valence-electron chi connectivity index (χ1n) is 9.76. The average molecular weight is 461 g/mol. The zero-order chi connectivity index (χ0) is 21.7. The Balaban J connectivity index is 1.49. The number of hydrogen-bond acceptors (Lipinski definition) is 7. The highest BCUT2D eigenvalue weighted by Gasteiger charge is 2.31. The Hall–Kier alpha value is -2.10. The Morgan fingerprint density at radius 2 is 2.00 bits per heavy atom. The molecule has 2 aromatic rings. The van der Waals surface area contributed by atoms with Gasteiger partial charge in [0, 0.05) is 19.4 Å². The monoisotopic (exact) mass is 460 g/mol. The van der Waals surface area contributed by atoms with Crippen molar-refractivity contribution >= 4 is 62.7 Å². The molecule has 2 heterocycles. The molecule has 0 spiro atoms. The summed E-state index contributed by atoms with van der Waals surface area (Å²) in [4.78, 5) is 27.0. The average Bonchev–Trinajstić information content (AvgIpc) is 3.21. The summed E-state index contributed by atoms with van der Waals surface area (Å²) in [6, 6.07) is 7.97. The van der Waals surface area contributed by atoms with Crippen molar-refractivity contribution in [3.8, 4) is 0 Å². The number of carbonyl (C=O) groups excluding carboxylic acids is 2. The Labute approximate surface area is 190 Å². The topological polar surface area (TPSA) is 75.2 Å². The van der Waals surface area contributed by atoms with Gasteiger partial charge < -0.3 is 5.32 Å². The Morgan fingerprint density at radius 1 is 1.27 bits per heavy atom. The Morgan fingerprint density at radius 3 is 2.70 bits per heavy atom. The number of rotatable bonds is 8. The van der Waals surface area contributed by atoms with Crippen LogP contribution in [0.4, 0.5) is 5.13 Å².